The van der Waals surface area contributed by atoms with Crippen molar-refractivity contribution in [3.8, 4) is 0 Å². The summed E-state index contributed by atoms with van der Waals surface area (Å²) in [5.74, 6) is -1.97. The van der Waals surface area contributed by atoms with Crippen LogP contribution in [0.3, 0.4) is 0 Å². The number of carbonyl (C=O) groups is 3. The number of halogens is 2. The lowest BCUT2D eigenvalue weighted by atomic mass is 9.45. The first kappa shape index (κ1) is 25.7. The fourth-order valence-corrected chi connectivity index (χ4v) is 8.60. The van der Waals surface area contributed by atoms with Crippen LogP contribution in [0.5, 0.6) is 0 Å². The van der Waals surface area contributed by atoms with Crippen LogP contribution in [0.25, 0.3) is 0 Å². The molecule has 188 valence electrons. The van der Waals surface area contributed by atoms with Crippen LogP contribution < -0.4 is 0 Å². The average Bonchev–Trinajstić information content (AvgIpc) is 3.07. The summed E-state index contributed by atoms with van der Waals surface area (Å²) >= 11 is 3.86. The number of fused-ring (bicyclic) bond motifs is 5. The maximum atomic E-state index is 15.6. The summed E-state index contributed by atoms with van der Waals surface area (Å²) in [5, 5.41) is 21.5. The quantitative estimate of drug-likeness (QED) is 0.393. The molecule has 3 saturated carbocycles. The van der Waals surface area contributed by atoms with Gasteiger partial charge >= 0.3 is 5.97 Å². The molecular formula is C26H34BrFO6. The molecule has 0 amide bonds. The first-order valence-corrected chi connectivity index (χ1v) is 13.0. The second kappa shape index (κ2) is 8.63. The Labute approximate surface area is 208 Å². The Morgan fingerprint density at radius 3 is 2.65 bits per heavy atom. The number of aliphatic hydroxyl groups is 2. The standard InChI is InChI=1S/C26H34BrFO6/c1-4-5-6-22(33)34-25(21(32)14-29)10-8-16-17-12-19(28)18-11-15(30)7-9-23(18,2)26(17,27)20(31)13-24(16,25)3/h7,9,11,16-17,19-20,29,31H,4-6,8,10,12-14H2,1-3H3/t16-,17-,19-,20?,23-,24-,25-,26-/m0/s1. The predicted molar refractivity (Wildman–Crippen MR) is 127 cm³/mol. The zero-order chi connectivity index (χ0) is 25.1. The number of carbonyl (C=O) groups excluding carboxylic acids is 3. The van der Waals surface area contributed by atoms with Crippen molar-refractivity contribution in [2.75, 3.05) is 6.61 Å². The van der Waals surface area contributed by atoms with Crippen LogP contribution in [0.4, 0.5) is 4.39 Å². The third-order valence-electron chi connectivity index (χ3n) is 9.37. The number of alkyl halides is 2. The minimum atomic E-state index is -1.56. The zero-order valence-corrected chi connectivity index (χ0v) is 21.6. The molecule has 6 nitrogen and oxygen atoms in total. The highest BCUT2D eigenvalue weighted by Gasteiger charge is 2.75. The van der Waals surface area contributed by atoms with Gasteiger partial charge in [0.15, 0.2) is 11.4 Å². The second-order valence-electron chi connectivity index (χ2n) is 10.9. The average molecular weight is 541 g/mol. The molecule has 0 aromatic rings. The molecule has 3 fully saturated rings. The number of rotatable bonds is 6. The lowest BCUT2D eigenvalue weighted by Gasteiger charge is -2.64. The van der Waals surface area contributed by atoms with Crippen molar-refractivity contribution in [1.29, 1.82) is 0 Å². The molecule has 1 unspecified atom stereocenters. The van der Waals surface area contributed by atoms with Crippen LogP contribution in [-0.4, -0.2) is 56.6 Å². The molecule has 0 aromatic carbocycles. The van der Waals surface area contributed by atoms with Crippen molar-refractivity contribution in [3.05, 3.63) is 23.8 Å². The molecule has 0 spiro atoms. The molecule has 8 atom stereocenters. The molecule has 34 heavy (non-hydrogen) atoms. The predicted octanol–water partition coefficient (Wildman–Crippen LogP) is 3.76. The normalized spacial score (nSPS) is 45.1. The molecule has 0 bridgehead atoms. The van der Waals surface area contributed by atoms with Gasteiger partial charge in [0.05, 0.1) is 10.4 Å². The zero-order valence-electron chi connectivity index (χ0n) is 20.0. The van der Waals surface area contributed by atoms with E-state index in [1.807, 2.05) is 20.8 Å². The summed E-state index contributed by atoms with van der Waals surface area (Å²) in [6, 6.07) is 0. The second-order valence-corrected chi connectivity index (χ2v) is 12.2. The molecule has 4 rings (SSSR count). The first-order valence-electron chi connectivity index (χ1n) is 12.2. The number of aliphatic hydroxyl groups excluding tert-OH is 2. The summed E-state index contributed by atoms with van der Waals surface area (Å²) in [5.41, 5.74) is -3.11. The van der Waals surface area contributed by atoms with Crippen LogP contribution in [0.1, 0.15) is 65.7 Å². The van der Waals surface area contributed by atoms with Crippen LogP contribution in [-0.2, 0) is 19.1 Å². The summed E-state index contributed by atoms with van der Waals surface area (Å²) in [4.78, 5) is 37.9. The molecule has 4 aliphatic carbocycles. The SMILES string of the molecule is CCCCC(=O)O[C@]1(C(=O)CO)CC[C@H]2[C@@H]3C[C@H](F)C4=CC(=O)C=C[C@]4(C)[C@@]3(Br)C(O)C[C@@]21C. The minimum absolute atomic E-state index is 0.0816. The van der Waals surface area contributed by atoms with Gasteiger partial charge < -0.3 is 14.9 Å². The number of ether oxygens (including phenoxy) is 1. The molecule has 0 radical (unpaired) electrons. The summed E-state index contributed by atoms with van der Waals surface area (Å²) in [6.07, 6.45) is 4.59. The Balaban J connectivity index is 1.79. The van der Waals surface area contributed by atoms with Crippen LogP contribution in [0.2, 0.25) is 0 Å². The van der Waals surface area contributed by atoms with Crippen molar-refractivity contribution >= 4 is 33.5 Å². The molecule has 0 heterocycles. The summed E-state index contributed by atoms with van der Waals surface area (Å²) in [6.45, 7) is 4.86. The third kappa shape index (κ3) is 3.27. The number of unbranched alkanes of at least 4 members (excludes halogenated alkanes) is 1. The molecule has 2 N–H and O–H groups in total. The summed E-state index contributed by atoms with van der Waals surface area (Å²) < 4.78 is 20.6. The van der Waals surface area contributed by atoms with E-state index in [0.29, 0.717) is 18.4 Å². The van der Waals surface area contributed by atoms with E-state index in [2.05, 4.69) is 15.9 Å². The Morgan fingerprint density at radius 1 is 1.29 bits per heavy atom. The van der Waals surface area contributed by atoms with Crippen molar-refractivity contribution < 1.29 is 33.7 Å². The van der Waals surface area contributed by atoms with E-state index in [1.165, 1.54) is 12.2 Å². The molecule has 0 aliphatic heterocycles. The lowest BCUT2D eigenvalue weighted by Crippen LogP contribution is -2.70. The molecule has 4 aliphatic rings. The number of esters is 1. The fourth-order valence-electron chi connectivity index (χ4n) is 7.57. The Bertz CT molecular complexity index is 963. The van der Waals surface area contributed by atoms with E-state index in [0.717, 1.165) is 6.42 Å². The van der Waals surface area contributed by atoms with E-state index in [9.17, 15) is 24.6 Å². The van der Waals surface area contributed by atoms with Crippen molar-refractivity contribution in [1.82, 2.24) is 0 Å². The first-order chi connectivity index (χ1) is 15.9. The maximum absolute atomic E-state index is 15.6. The smallest absolute Gasteiger partial charge is 0.306 e. The topological polar surface area (TPSA) is 101 Å². The van der Waals surface area contributed by atoms with Gasteiger partial charge in [-0.3, -0.25) is 14.4 Å². The van der Waals surface area contributed by atoms with Gasteiger partial charge in [-0.05, 0) is 61.7 Å². The van der Waals surface area contributed by atoms with Gasteiger partial charge in [0.1, 0.15) is 12.8 Å². The third-order valence-corrected chi connectivity index (χ3v) is 11.3. The van der Waals surface area contributed by atoms with Gasteiger partial charge in [-0.25, -0.2) is 4.39 Å². The van der Waals surface area contributed by atoms with Gasteiger partial charge in [-0.2, -0.15) is 0 Å². The highest BCUT2D eigenvalue weighted by molar-refractivity contribution is 9.10. The lowest BCUT2D eigenvalue weighted by molar-refractivity contribution is -0.197. The van der Waals surface area contributed by atoms with E-state index in [1.54, 1.807) is 6.08 Å². The highest BCUT2D eigenvalue weighted by atomic mass is 79.9. The Morgan fingerprint density at radius 2 is 2.00 bits per heavy atom. The van der Waals surface area contributed by atoms with Crippen LogP contribution in [0.15, 0.2) is 23.8 Å². The molecule has 0 saturated heterocycles. The monoisotopic (exact) mass is 540 g/mol. The Kier molecular flexibility index (Phi) is 6.52. The number of allylic oxidation sites excluding steroid dienone is 4. The van der Waals surface area contributed by atoms with Gasteiger partial charge in [0, 0.05) is 17.3 Å². The van der Waals surface area contributed by atoms with Gasteiger partial charge in [0.25, 0.3) is 0 Å². The molecular weight excluding hydrogens is 507 g/mol. The number of Topliss-reactive ketones (excluding diaryl/α,β-unsaturated/α-hetero) is 1. The van der Waals surface area contributed by atoms with E-state index in [-0.39, 0.29) is 43.3 Å². The molecule has 8 heteroatoms. The van der Waals surface area contributed by atoms with Crippen molar-refractivity contribution in [3.63, 3.8) is 0 Å². The summed E-state index contributed by atoms with van der Waals surface area (Å²) in [7, 11) is 0. The molecule has 0 aromatic heterocycles. The van der Waals surface area contributed by atoms with Gasteiger partial charge in [-0.15, -0.1) is 0 Å². The minimum Gasteiger partial charge on any atom is -0.450 e. The number of hydrogen-bond acceptors (Lipinski definition) is 6. The maximum Gasteiger partial charge on any atom is 0.306 e. The van der Waals surface area contributed by atoms with Crippen molar-refractivity contribution in [2.45, 2.75) is 87.9 Å². The highest BCUT2D eigenvalue weighted by Crippen LogP contribution is 2.71. The van der Waals surface area contributed by atoms with E-state index < -0.39 is 51.4 Å². The van der Waals surface area contributed by atoms with Crippen LogP contribution in [0, 0.1) is 22.7 Å². The largest absolute Gasteiger partial charge is 0.450 e. The fraction of sp³-hybridized carbons (Fsp3) is 0.731. The Hall–Kier alpha value is -1.38. The van der Waals surface area contributed by atoms with E-state index in [4.69, 9.17) is 4.74 Å². The van der Waals surface area contributed by atoms with Crippen molar-refractivity contribution in [2.24, 2.45) is 22.7 Å². The number of hydrogen-bond donors (Lipinski definition) is 2. The van der Waals surface area contributed by atoms with Crippen LogP contribution >= 0.6 is 15.9 Å². The van der Waals surface area contributed by atoms with Gasteiger partial charge in [0.2, 0.25) is 5.78 Å². The number of ketones is 2. The van der Waals surface area contributed by atoms with E-state index >= 15 is 4.39 Å². The van der Waals surface area contributed by atoms with Gasteiger partial charge in [-0.1, -0.05) is 49.2 Å².